The van der Waals surface area contributed by atoms with Crippen LogP contribution in [0.3, 0.4) is 0 Å². The third kappa shape index (κ3) is 2.09. The molecule has 2 rings (SSSR count). The SMILES string of the molecule is CC(C)C(C)n1c(N)nc2cc(Cl)c(Cl)cc21. The van der Waals surface area contributed by atoms with E-state index in [2.05, 4.69) is 25.8 Å². The number of hydrogen-bond acceptors (Lipinski definition) is 2. The van der Waals surface area contributed by atoms with Crippen molar-refractivity contribution in [3.63, 3.8) is 0 Å². The van der Waals surface area contributed by atoms with Gasteiger partial charge in [-0.25, -0.2) is 4.98 Å². The van der Waals surface area contributed by atoms with Gasteiger partial charge >= 0.3 is 0 Å². The summed E-state index contributed by atoms with van der Waals surface area (Å²) in [6.45, 7) is 6.41. The van der Waals surface area contributed by atoms with Gasteiger partial charge in [0, 0.05) is 6.04 Å². The van der Waals surface area contributed by atoms with Gasteiger partial charge in [-0.3, -0.25) is 0 Å². The van der Waals surface area contributed by atoms with Crippen LogP contribution < -0.4 is 5.73 Å². The fourth-order valence-electron chi connectivity index (χ4n) is 1.84. The Morgan fingerprint density at radius 2 is 1.76 bits per heavy atom. The number of nitrogen functional groups attached to an aromatic ring is 1. The van der Waals surface area contributed by atoms with E-state index in [9.17, 15) is 0 Å². The molecule has 0 aliphatic rings. The van der Waals surface area contributed by atoms with E-state index in [1.165, 1.54) is 0 Å². The van der Waals surface area contributed by atoms with Gasteiger partial charge in [0.15, 0.2) is 0 Å². The van der Waals surface area contributed by atoms with Crippen molar-refractivity contribution < 1.29 is 0 Å². The van der Waals surface area contributed by atoms with E-state index >= 15 is 0 Å². The van der Waals surface area contributed by atoms with E-state index in [0.717, 1.165) is 11.0 Å². The predicted molar refractivity (Wildman–Crippen MR) is 73.7 cm³/mol. The van der Waals surface area contributed by atoms with Crippen LogP contribution in [-0.2, 0) is 0 Å². The van der Waals surface area contributed by atoms with Crippen LogP contribution in [-0.4, -0.2) is 9.55 Å². The van der Waals surface area contributed by atoms with Crippen molar-refractivity contribution in [1.29, 1.82) is 0 Å². The minimum Gasteiger partial charge on any atom is -0.369 e. The second kappa shape index (κ2) is 4.39. The van der Waals surface area contributed by atoms with Gasteiger partial charge in [-0.05, 0) is 25.0 Å². The van der Waals surface area contributed by atoms with Crippen LogP contribution in [0.15, 0.2) is 12.1 Å². The number of nitrogens with zero attached hydrogens (tertiary/aromatic N) is 2. The minimum absolute atomic E-state index is 0.261. The molecule has 92 valence electrons. The second-order valence-corrected chi connectivity index (χ2v) is 5.39. The summed E-state index contributed by atoms with van der Waals surface area (Å²) in [5.74, 6) is 0.962. The first-order valence-electron chi connectivity index (χ1n) is 5.54. The number of benzene rings is 1. The lowest BCUT2D eigenvalue weighted by molar-refractivity contribution is 0.421. The topological polar surface area (TPSA) is 43.8 Å². The first-order valence-corrected chi connectivity index (χ1v) is 6.30. The molecule has 1 heterocycles. The molecule has 3 nitrogen and oxygen atoms in total. The average molecular weight is 272 g/mol. The summed E-state index contributed by atoms with van der Waals surface area (Å²) in [4.78, 5) is 4.32. The van der Waals surface area contributed by atoms with E-state index < -0.39 is 0 Å². The van der Waals surface area contributed by atoms with Crippen molar-refractivity contribution in [3.05, 3.63) is 22.2 Å². The smallest absolute Gasteiger partial charge is 0.201 e. The third-order valence-electron chi connectivity index (χ3n) is 3.13. The van der Waals surface area contributed by atoms with Gasteiger partial charge in [0.2, 0.25) is 5.95 Å². The number of hydrogen-bond donors (Lipinski definition) is 1. The van der Waals surface area contributed by atoms with Gasteiger partial charge in [0.25, 0.3) is 0 Å². The quantitative estimate of drug-likeness (QED) is 0.892. The largest absolute Gasteiger partial charge is 0.369 e. The summed E-state index contributed by atoms with van der Waals surface area (Å²) in [5.41, 5.74) is 7.67. The molecular weight excluding hydrogens is 257 g/mol. The summed E-state index contributed by atoms with van der Waals surface area (Å²) in [7, 11) is 0. The van der Waals surface area contributed by atoms with Crippen LogP contribution in [0.4, 0.5) is 5.95 Å². The zero-order chi connectivity index (χ0) is 12.7. The molecule has 17 heavy (non-hydrogen) atoms. The standard InChI is InChI=1S/C12H15Cl2N3/c1-6(2)7(3)17-11-5-9(14)8(13)4-10(11)16-12(17)15/h4-7H,1-3H3,(H2,15,16). The zero-order valence-electron chi connectivity index (χ0n) is 10.0. The lowest BCUT2D eigenvalue weighted by Gasteiger charge is -2.19. The molecule has 0 saturated heterocycles. The minimum atomic E-state index is 0.261. The molecule has 1 aromatic carbocycles. The van der Waals surface area contributed by atoms with E-state index in [-0.39, 0.29) is 6.04 Å². The molecule has 0 amide bonds. The van der Waals surface area contributed by atoms with Crippen molar-refractivity contribution in [1.82, 2.24) is 9.55 Å². The van der Waals surface area contributed by atoms with Crippen LogP contribution in [0.2, 0.25) is 10.0 Å². The lowest BCUT2D eigenvalue weighted by Crippen LogP contribution is -2.13. The number of anilines is 1. The highest BCUT2D eigenvalue weighted by Gasteiger charge is 2.17. The molecule has 0 aliphatic heterocycles. The van der Waals surface area contributed by atoms with E-state index in [1.54, 1.807) is 6.07 Å². The zero-order valence-corrected chi connectivity index (χ0v) is 11.5. The van der Waals surface area contributed by atoms with Gasteiger partial charge in [-0.15, -0.1) is 0 Å². The molecular formula is C12H15Cl2N3. The molecule has 2 N–H and O–H groups in total. The van der Waals surface area contributed by atoms with Gasteiger partial charge < -0.3 is 10.3 Å². The van der Waals surface area contributed by atoms with Crippen molar-refractivity contribution in [2.45, 2.75) is 26.8 Å². The summed E-state index contributed by atoms with van der Waals surface area (Å²) in [6.07, 6.45) is 0. The molecule has 0 bridgehead atoms. The number of rotatable bonds is 2. The number of nitrogens with two attached hydrogens (primary N) is 1. The maximum absolute atomic E-state index is 6.04. The van der Waals surface area contributed by atoms with Crippen molar-refractivity contribution in [2.24, 2.45) is 5.92 Å². The Morgan fingerprint density at radius 1 is 1.18 bits per heavy atom. The number of imidazole rings is 1. The summed E-state index contributed by atoms with van der Waals surface area (Å²) >= 11 is 12.0. The van der Waals surface area contributed by atoms with Crippen LogP contribution in [0, 0.1) is 5.92 Å². The normalized spacial score (nSPS) is 13.5. The Kier molecular flexibility index (Phi) is 3.23. The van der Waals surface area contributed by atoms with E-state index in [1.807, 2.05) is 10.6 Å². The average Bonchev–Trinajstić information content (AvgIpc) is 2.53. The van der Waals surface area contributed by atoms with Gasteiger partial charge in [0.1, 0.15) is 0 Å². The van der Waals surface area contributed by atoms with Crippen molar-refractivity contribution >= 4 is 40.2 Å². The molecule has 1 aromatic heterocycles. The van der Waals surface area contributed by atoms with Crippen molar-refractivity contribution in [2.75, 3.05) is 5.73 Å². The fraction of sp³-hybridized carbons (Fsp3) is 0.417. The lowest BCUT2D eigenvalue weighted by atomic mass is 10.1. The Hall–Kier alpha value is -0.930. The van der Waals surface area contributed by atoms with E-state index in [4.69, 9.17) is 28.9 Å². The van der Waals surface area contributed by atoms with Crippen LogP contribution in [0.1, 0.15) is 26.8 Å². The fourth-order valence-corrected chi connectivity index (χ4v) is 2.15. The molecule has 0 spiro atoms. The molecule has 0 saturated carbocycles. The van der Waals surface area contributed by atoms with Gasteiger partial charge in [-0.2, -0.15) is 0 Å². The highest BCUT2D eigenvalue weighted by atomic mass is 35.5. The van der Waals surface area contributed by atoms with Crippen molar-refractivity contribution in [3.8, 4) is 0 Å². The second-order valence-electron chi connectivity index (χ2n) is 4.58. The Labute approximate surface area is 111 Å². The molecule has 0 fully saturated rings. The Morgan fingerprint density at radius 3 is 2.35 bits per heavy atom. The Bertz CT molecular complexity index is 560. The Balaban J connectivity index is 2.70. The maximum atomic E-state index is 6.04. The summed E-state index contributed by atoms with van der Waals surface area (Å²) < 4.78 is 2.00. The van der Waals surface area contributed by atoms with Crippen LogP contribution in [0.25, 0.3) is 11.0 Å². The maximum Gasteiger partial charge on any atom is 0.201 e. The van der Waals surface area contributed by atoms with E-state index in [0.29, 0.717) is 21.9 Å². The molecule has 1 atom stereocenters. The highest BCUT2D eigenvalue weighted by molar-refractivity contribution is 6.42. The highest BCUT2D eigenvalue weighted by Crippen LogP contribution is 2.32. The third-order valence-corrected chi connectivity index (χ3v) is 3.85. The molecule has 0 radical (unpaired) electrons. The first-order chi connectivity index (χ1) is 7.91. The summed E-state index contributed by atoms with van der Waals surface area (Å²) in [6, 6.07) is 3.83. The summed E-state index contributed by atoms with van der Waals surface area (Å²) in [5, 5.41) is 1.03. The van der Waals surface area contributed by atoms with Gasteiger partial charge in [-0.1, -0.05) is 37.0 Å². The number of halogens is 2. The molecule has 5 heteroatoms. The van der Waals surface area contributed by atoms with Crippen LogP contribution in [0.5, 0.6) is 0 Å². The predicted octanol–water partition coefficient (Wildman–Crippen LogP) is 4.14. The first kappa shape index (κ1) is 12.5. The number of fused-ring (bicyclic) bond motifs is 1. The molecule has 0 aliphatic carbocycles. The monoisotopic (exact) mass is 271 g/mol. The number of aromatic nitrogens is 2. The van der Waals surface area contributed by atoms with Crippen LogP contribution >= 0.6 is 23.2 Å². The molecule has 2 aromatic rings. The molecule has 1 unspecified atom stereocenters. The van der Waals surface area contributed by atoms with Gasteiger partial charge in [0.05, 0.1) is 21.1 Å².